The van der Waals surface area contributed by atoms with Gasteiger partial charge in [-0.1, -0.05) is 30.3 Å². The molecule has 4 atom stereocenters. The van der Waals surface area contributed by atoms with Crippen LogP contribution in [0, 0.1) is 5.82 Å². The number of amides is 1. The number of hydrogen-bond donors (Lipinski definition) is 1. The Morgan fingerprint density at radius 3 is 2.49 bits per heavy atom. The molecule has 1 amide bonds. The van der Waals surface area contributed by atoms with E-state index in [1.807, 2.05) is 33.8 Å². The average molecular weight is 486 g/mol. The summed E-state index contributed by atoms with van der Waals surface area (Å²) in [5, 5.41) is 2.84. The van der Waals surface area contributed by atoms with Crippen LogP contribution < -0.4 is 5.32 Å². The molecule has 190 valence electrons. The number of carbonyl (C=O) groups is 1. The highest BCUT2D eigenvalue weighted by molar-refractivity contribution is 5.73. The Morgan fingerprint density at radius 1 is 1.06 bits per heavy atom. The van der Waals surface area contributed by atoms with Gasteiger partial charge in [-0.05, 0) is 68.5 Å². The molecule has 4 rings (SSSR count). The summed E-state index contributed by atoms with van der Waals surface area (Å²) in [6.07, 6.45) is 0.223. The molecule has 0 saturated carbocycles. The minimum atomic E-state index is -0.728. The van der Waals surface area contributed by atoms with Gasteiger partial charge in [-0.3, -0.25) is 4.79 Å². The van der Waals surface area contributed by atoms with Crippen LogP contribution in [-0.2, 0) is 36.6 Å². The van der Waals surface area contributed by atoms with E-state index in [1.54, 1.807) is 13.2 Å². The summed E-state index contributed by atoms with van der Waals surface area (Å²) >= 11 is 0. The Balaban J connectivity index is 1.64. The Labute approximate surface area is 207 Å². The van der Waals surface area contributed by atoms with Gasteiger partial charge in [0.05, 0.1) is 11.7 Å². The maximum atomic E-state index is 14.1. The summed E-state index contributed by atoms with van der Waals surface area (Å²) in [7, 11) is 1.67. The third-order valence-corrected chi connectivity index (χ3v) is 6.74. The lowest BCUT2D eigenvalue weighted by Crippen LogP contribution is -2.61. The van der Waals surface area contributed by atoms with Gasteiger partial charge in [0, 0.05) is 27.0 Å². The Morgan fingerprint density at radius 2 is 1.80 bits per heavy atom. The van der Waals surface area contributed by atoms with Crippen molar-refractivity contribution in [1.29, 1.82) is 0 Å². The molecule has 2 aliphatic heterocycles. The topological polar surface area (TPSA) is 66.0 Å². The third kappa shape index (κ3) is 5.75. The normalized spacial score (nSPS) is 26.8. The maximum Gasteiger partial charge on any atom is 0.216 e. The van der Waals surface area contributed by atoms with Crippen LogP contribution >= 0.6 is 0 Å². The third-order valence-electron chi connectivity index (χ3n) is 6.74. The Hall–Kier alpha value is -2.32. The zero-order chi connectivity index (χ0) is 25.4. The van der Waals surface area contributed by atoms with Crippen LogP contribution in [0.4, 0.5) is 4.39 Å². The minimum Gasteiger partial charge on any atom is -0.376 e. The molecule has 2 heterocycles. The number of carbonyl (C=O) groups excluding carboxylic acids is 1. The van der Waals surface area contributed by atoms with Gasteiger partial charge in [0.25, 0.3) is 0 Å². The average Bonchev–Trinajstić information content (AvgIpc) is 3.09. The molecule has 1 unspecified atom stereocenters. The van der Waals surface area contributed by atoms with Gasteiger partial charge in [-0.2, -0.15) is 0 Å². The fraction of sp³-hybridized carbons (Fsp3) is 0.536. The highest BCUT2D eigenvalue weighted by Gasteiger charge is 2.57. The summed E-state index contributed by atoms with van der Waals surface area (Å²) in [5.41, 5.74) is 3.27. The van der Waals surface area contributed by atoms with Crippen molar-refractivity contribution in [2.75, 3.05) is 13.7 Å². The van der Waals surface area contributed by atoms with E-state index in [1.165, 1.54) is 19.1 Å². The molecule has 7 heteroatoms. The van der Waals surface area contributed by atoms with Crippen molar-refractivity contribution in [3.63, 3.8) is 0 Å². The zero-order valence-electron chi connectivity index (χ0n) is 21.4. The van der Waals surface area contributed by atoms with Crippen molar-refractivity contribution < 1.29 is 28.1 Å². The van der Waals surface area contributed by atoms with Gasteiger partial charge in [0.2, 0.25) is 5.91 Å². The van der Waals surface area contributed by atoms with Crippen molar-refractivity contribution in [3.05, 3.63) is 59.4 Å². The van der Waals surface area contributed by atoms with Crippen LogP contribution in [0.5, 0.6) is 0 Å². The van der Waals surface area contributed by atoms with Crippen LogP contribution in [0.15, 0.2) is 42.5 Å². The number of nitrogens with one attached hydrogen (secondary N) is 1. The first kappa shape index (κ1) is 25.8. The second-order valence-electron chi connectivity index (χ2n) is 10.4. The van der Waals surface area contributed by atoms with Gasteiger partial charge in [-0.15, -0.1) is 0 Å². The first-order valence-corrected chi connectivity index (χ1v) is 12.2. The summed E-state index contributed by atoms with van der Waals surface area (Å²) < 4.78 is 38.9. The largest absolute Gasteiger partial charge is 0.376 e. The van der Waals surface area contributed by atoms with Crippen LogP contribution in [0.2, 0.25) is 0 Å². The fourth-order valence-corrected chi connectivity index (χ4v) is 5.33. The number of rotatable bonds is 7. The number of fused-ring (bicyclic) bond motifs is 1. The molecule has 2 aromatic carbocycles. The monoisotopic (exact) mass is 485 g/mol. The number of methoxy groups -OCH3 is 1. The smallest absolute Gasteiger partial charge is 0.216 e. The van der Waals surface area contributed by atoms with E-state index in [4.69, 9.17) is 18.9 Å². The summed E-state index contributed by atoms with van der Waals surface area (Å²) in [6, 6.07) is 12.8. The van der Waals surface area contributed by atoms with E-state index in [0.717, 1.165) is 22.3 Å². The summed E-state index contributed by atoms with van der Waals surface area (Å²) in [6.45, 7) is 9.87. The second kappa shape index (κ2) is 9.97. The fourth-order valence-electron chi connectivity index (χ4n) is 5.33. The zero-order valence-corrected chi connectivity index (χ0v) is 21.4. The number of ether oxygens (including phenoxy) is 4. The minimum absolute atomic E-state index is 0.0726. The Kier molecular flexibility index (Phi) is 7.34. The van der Waals surface area contributed by atoms with Crippen molar-refractivity contribution >= 4 is 5.91 Å². The highest BCUT2D eigenvalue weighted by atomic mass is 19.1. The molecule has 0 aliphatic carbocycles. The lowest BCUT2D eigenvalue weighted by atomic mass is 9.84. The molecule has 2 saturated heterocycles. The van der Waals surface area contributed by atoms with Crippen LogP contribution in [0.3, 0.4) is 0 Å². The number of hydrogen-bond acceptors (Lipinski definition) is 5. The second-order valence-corrected chi connectivity index (χ2v) is 10.4. The highest BCUT2D eigenvalue weighted by Crippen LogP contribution is 2.43. The van der Waals surface area contributed by atoms with Crippen LogP contribution in [0.1, 0.15) is 45.7 Å². The van der Waals surface area contributed by atoms with Crippen LogP contribution in [0.25, 0.3) is 11.1 Å². The molecule has 0 radical (unpaired) electrons. The summed E-state index contributed by atoms with van der Waals surface area (Å²) in [4.78, 5) is 11.3. The summed E-state index contributed by atoms with van der Waals surface area (Å²) in [5.74, 6) is -1.09. The molecular formula is C28H36FNO5. The molecule has 0 spiro atoms. The standard InChI is InChI=1S/C28H36FNO5/c1-17(31)30-13-12-19-11-10-18(14-22(19)20-8-7-9-21(29)16-20)15-23-24-25(35-28(4,5)34-24)26(32-6)27(2,3)33-23/h7-11,14,16,23-26H,12-13,15H2,1-6H3,(H,30,31)/t23?,24-,25-,26+/m0/s1. The van der Waals surface area contributed by atoms with Gasteiger partial charge < -0.3 is 24.3 Å². The van der Waals surface area contributed by atoms with Crippen molar-refractivity contribution in [2.24, 2.45) is 0 Å². The van der Waals surface area contributed by atoms with Gasteiger partial charge in [-0.25, -0.2) is 4.39 Å². The van der Waals surface area contributed by atoms with Crippen molar-refractivity contribution in [1.82, 2.24) is 5.32 Å². The molecule has 2 aliphatic rings. The predicted octanol–water partition coefficient (Wildman–Crippen LogP) is 4.43. The van der Waals surface area contributed by atoms with E-state index in [0.29, 0.717) is 19.4 Å². The molecule has 0 bridgehead atoms. The first-order chi connectivity index (χ1) is 16.5. The van der Waals surface area contributed by atoms with Crippen molar-refractivity contribution in [2.45, 2.75) is 83.3 Å². The molecule has 1 N–H and O–H groups in total. The van der Waals surface area contributed by atoms with E-state index >= 15 is 0 Å². The van der Waals surface area contributed by atoms with E-state index < -0.39 is 11.4 Å². The van der Waals surface area contributed by atoms with Gasteiger partial charge in [0.15, 0.2) is 5.79 Å². The van der Waals surface area contributed by atoms with E-state index in [-0.39, 0.29) is 36.1 Å². The first-order valence-electron chi connectivity index (χ1n) is 12.2. The van der Waals surface area contributed by atoms with Crippen LogP contribution in [-0.4, -0.2) is 55.4 Å². The lowest BCUT2D eigenvalue weighted by Gasteiger charge is -2.46. The molecule has 2 aromatic rings. The maximum absolute atomic E-state index is 14.1. The molecule has 2 fully saturated rings. The quantitative estimate of drug-likeness (QED) is 0.629. The SMILES string of the molecule is CO[C@@H]1[C@H]2OC(C)(C)O[C@H]2C(Cc2ccc(CCNC(C)=O)c(-c3cccc(F)c3)c2)OC1(C)C. The van der Waals surface area contributed by atoms with Gasteiger partial charge in [0.1, 0.15) is 24.1 Å². The molecule has 35 heavy (non-hydrogen) atoms. The Bertz CT molecular complexity index is 1070. The predicted molar refractivity (Wildman–Crippen MR) is 132 cm³/mol. The van der Waals surface area contributed by atoms with E-state index in [9.17, 15) is 9.18 Å². The van der Waals surface area contributed by atoms with Crippen molar-refractivity contribution in [3.8, 4) is 11.1 Å². The number of halogens is 1. The molecular weight excluding hydrogens is 449 g/mol. The number of benzene rings is 2. The van der Waals surface area contributed by atoms with Gasteiger partial charge >= 0.3 is 0 Å². The lowest BCUT2D eigenvalue weighted by molar-refractivity contribution is -0.234. The molecule has 0 aromatic heterocycles. The molecule has 6 nitrogen and oxygen atoms in total. The van der Waals surface area contributed by atoms with E-state index in [2.05, 4.69) is 23.5 Å².